The number of carbonyl (C=O) groups excluding carboxylic acids is 1. The molecule has 1 fully saturated rings. The molecular weight excluding hydrogens is 288 g/mol. The molecule has 1 atom stereocenters. The molecule has 0 aromatic rings. The number of carboxylic acids is 1. The molecule has 1 aliphatic rings. The van der Waals surface area contributed by atoms with Crippen LogP contribution in [0.15, 0.2) is 0 Å². The van der Waals surface area contributed by atoms with Crippen molar-refractivity contribution in [2.45, 2.75) is 18.9 Å². The van der Waals surface area contributed by atoms with E-state index >= 15 is 0 Å². The summed E-state index contributed by atoms with van der Waals surface area (Å²) in [5.74, 6) is -1.24. The normalized spacial score (nSPS) is 24.3. The summed E-state index contributed by atoms with van der Waals surface area (Å²) in [6.45, 7) is 1.51. The van der Waals surface area contributed by atoms with E-state index in [4.69, 9.17) is 9.84 Å². The average Bonchev–Trinajstić information content (AvgIpc) is 2.58. The maximum absolute atomic E-state index is 12.1. The molecule has 20 heavy (non-hydrogen) atoms. The maximum Gasteiger partial charge on any atom is 0.323 e. The van der Waals surface area contributed by atoms with Crippen LogP contribution >= 0.6 is 0 Å². The summed E-state index contributed by atoms with van der Waals surface area (Å²) < 4.78 is 27.8. The van der Waals surface area contributed by atoms with Crippen LogP contribution in [-0.4, -0.2) is 74.3 Å². The molecule has 0 radical (unpaired) electrons. The monoisotopic (exact) mass is 308 g/mol. The highest BCUT2D eigenvalue weighted by Crippen LogP contribution is 2.23. The largest absolute Gasteiger partial charge is 0.480 e. The average molecular weight is 308 g/mol. The summed E-state index contributed by atoms with van der Waals surface area (Å²) in [6, 6.07) is -0.593. The van der Waals surface area contributed by atoms with Gasteiger partial charge < -0.3 is 20.1 Å². The van der Waals surface area contributed by atoms with Crippen molar-refractivity contribution in [3.05, 3.63) is 0 Å². The standard InChI is InChI=1S/C11H20N2O6S/c1-11(3-6-20(17,18)8-11)12-10(16)13(4-5-19-2)7-9(14)15/h3-8H2,1-2H3,(H,12,16)(H,14,15). The Morgan fingerprint density at radius 3 is 2.55 bits per heavy atom. The Labute approximate surface area is 118 Å². The van der Waals surface area contributed by atoms with Gasteiger partial charge in [0.15, 0.2) is 9.84 Å². The van der Waals surface area contributed by atoms with Crippen LogP contribution in [0.25, 0.3) is 0 Å². The Kier molecular flexibility index (Phi) is 5.35. The lowest BCUT2D eigenvalue weighted by Gasteiger charge is -2.29. The van der Waals surface area contributed by atoms with Crippen molar-refractivity contribution in [2.24, 2.45) is 0 Å². The van der Waals surface area contributed by atoms with Gasteiger partial charge in [0, 0.05) is 13.7 Å². The van der Waals surface area contributed by atoms with Crippen LogP contribution in [-0.2, 0) is 19.4 Å². The molecule has 0 aromatic heterocycles. The predicted octanol–water partition coefficient (Wildman–Crippen LogP) is -0.694. The van der Waals surface area contributed by atoms with Crippen molar-refractivity contribution in [3.63, 3.8) is 0 Å². The molecule has 116 valence electrons. The second-order valence-electron chi connectivity index (χ2n) is 5.14. The second-order valence-corrected chi connectivity index (χ2v) is 7.33. The lowest BCUT2D eigenvalue weighted by atomic mass is 10.0. The van der Waals surface area contributed by atoms with Crippen LogP contribution < -0.4 is 5.32 Å². The Balaban J connectivity index is 2.68. The molecule has 2 N–H and O–H groups in total. The van der Waals surface area contributed by atoms with Gasteiger partial charge in [0.05, 0.1) is 23.7 Å². The molecular formula is C11H20N2O6S. The summed E-state index contributed by atoms with van der Waals surface area (Å²) in [5.41, 5.74) is -0.847. The summed E-state index contributed by atoms with van der Waals surface area (Å²) in [6.07, 6.45) is 0.326. The van der Waals surface area contributed by atoms with Crippen molar-refractivity contribution in [1.29, 1.82) is 0 Å². The Morgan fingerprint density at radius 1 is 1.45 bits per heavy atom. The third-order valence-electron chi connectivity index (χ3n) is 3.09. The summed E-state index contributed by atoms with van der Waals surface area (Å²) in [7, 11) is -1.69. The van der Waals surface area contributed by atoms with E-state index in [0.29, 0.717) is 6.42 Å². The minimum atomic E-state index is -3.14. The minimum Gasteiger partial charge on any atom is -0.480 e. The van der Waals surface area contributed by atoms with Crippen LogP contribution in [0.2, 0.25) is 0 Å². The lowest BCUT2D eigenvalue weighted by molar-refractivity contribution is -0.137. The van der Waals surface area contributed by atoms with Gasteiger partial charge in [-0.15, -0.1) is 0 Å². The summed E-state index contributed by atoms with van der Waals surface area (Å²) in [5, 5.41) is 11.4. The molecule has 2 amide bonds. The fraction of sp³-hybridized carbons (Fsp3) is 0.818. The van der Waals surface area contributed by atoms with Gasteiger partial charge in [-0.1, -0.05) is 0 Å². The van der Waals surface area contributed by atoms with Crippen LogP contribution in [0.5, 0.6) is 0 Å². The highest BCUT2D eigenvalue weighted by Gasteiger charge is 2.40. The number of nitrogens with zero attached hydrogens (tertiary/aromatic N) is 1. The van der Waals surface area contributed by atoms with Gasteiger partial charge in [0.25, 0.3) is 0 Å². The predicted molar refractivity (Wildman–Crippen MR) is 71.3 cm³/mol. The number of rotatable bonds is 6. The molecule has 0 saturated carbocycles. The third kappa shape index (κ3) is 4.97. The number of urea groups is 1. The van der Waals surface area contributed by atoms with Crippen molar-refractivity contribution >= 4 is 21.8 Å². The van der Waals surface area contributed by atoms with Crippen LogP contribution in [0.4, 0.5) is 4.79 Å². The molecule has 1 saturated heterocycles. The third-order valence-corrected chi connectivity index (χ3v) is 4.99. The van der Waals surface area contributed by atoms with E-state index in [9.17, 15) is 18.0 Å². The zero-order valence-electron chi connectivity index (χ0n) is 11.6. The smallest absolute Gasteiger partial charge is 0.323 e. The van der Waals surface area contributed by atoms with Crippen LogP contribution in [0.3, 0.4) is 0 Å². The maximum atomic E-state index is 12.1. The van der Waals surface area contributed by atoms with Gasteiger partial charge in [-0.25, -0.2) is 13.2 Å². The van der Waals surface area contributed by atoms with Gasteiger partial charge >= 0.3 is 12.0 Å². The summed E-state index contributed by atoms with van der Waals surface area (Å²) >= 11 is 0. The van der Waals surface area contributed by atoms with Gasteiger partial charge in [0.2, 0.25) is 0 Å². The number of nitrogens with one attached hydrogen (secondary N) is 1. The Morgan fingerprint density at radius 2 is 2.10 bits per heavy atom. The Hall–Kier alpha value is -1.35. The zero-order chi connectivity index (χ0) is 15.4. The van der Waals surface area contributed by atoms with Gasteiger partial charge in [-0.2, -0.15) is 0 Å². The number of amides is 2. The minimum absolute atomic E-state index is 0.0286. The van der Waals surface area contributed by atoms with Crippen LogP contribution in [0.1, 0.15) is 13.3 Å². The van der Waals surface area contributed by atoms with Crippen molar-refractivity contribution < 1.29 is 27.9 Å². The number of carbonyl (C=O) groups is 2. The van der Waals surface area contributed by atoms with E-state index in [1.807, 2.05) is 0 Å². The molecule has 8 nitrogen and oxygen atoms in total. The molecule has 0 spiro atoms. The van der Waals surface area contributed by atoms with Gasteiger partial charge in [-0.3, -0.25) is 4.79 Å². The van der Waals surface area contributed by atoms with E-state index in [-0.39, 0.29) is 24.7 Å². The van der Waals surface area contributed by atoms with Gasteiger partial charge in [-0.05, 0) is 13.3 Å². The van der Waals surface area contributed by atoms with Crippen LogP contribution in [0, 0.1) is 0 Å². The first-order chi connectivity index (χ1) is 9.17. The van der Waals surface area contributed by atoms with Crippen molar-refractivity contribution in [2.75, 3.05) is 38.3 Å². The number of hydrogen-bond donors (Lipinski definition) is 2. The highest BCUT2D eigenvalue weighted by atomic mass is 32.2. The number of ether oxygens (including phenoxy) is 1. The van der Waals surface area contributed by atoms with Crippen molar-refractivity contribution in [3.8, 4) is 0 Å². The number of sulfone groups is 1. The molecule has 1 rings (SSSR count). The molecule has 1 aliphatic heterocycles. The number of carboxylic acid groups (broad SMARTS) is 1. The van der Waals surface area contributed by atoms with Gasteiger partial charge in [0.1, 0.15) is 6.54 Å². The SMILES string of the molecule is COCCN(CC(=O)O)C(=O)NC1(C)CCS(=O)(=O)C1. The van der Waals surface area contributed by atoms with Crippen molar-refractivity contribution in [1.82, 2.24) is 10.2 Å². The first-order valence-electron chi connectivity index (χ1n) is 6.16. The van der Waals surface area contributed by atoms with E-state index < -0.39 is 33.9 Å². The van der Waals surface area contributed by atoms with E-state index in [1.165, 1.54) is 7.11 Å². The first kappa shape index (κ1) is 16.7. The highest BCUT2D eigenvalue weighted by molar-refractivity contribution is 7.91. The topological polar surface area (TPSA) is 113 Å². The lowest BCUT2D eigenvalue weighted by Crippen LogP contribution is -2.54. The van der Waals surface area contributed by atoms with E-state index in [1.54, 1.807) is 6.92 Å². The number of aliphatic carboxylic acids is 1. The number of methoxy groups -OCH3 is 1. The molecule has 9 heteroatoms. The first-order valence-corrected chi connectivity index (χ1v) is 7.98. The Bertz CT molecular complexity index is 477. The molecule has 1 unspecified atom stereocenters. The van der Waals surface area contributed by atoms with E-state index in [0.717, 1.165) is 4.90 Å². The molecule has 0 aromatic carbocycles. The number of hydrogen-bond acceptors (Lipinski definition) is 5. The molecule has 0 bridgehead atoms. The van der Waals surface area contributed by atoms with E-state index in [2.05, 4.69) is 5.32 Å². The second kappa shape index (κ2) is 6.40. The quantitative estimate of drug-likeness (QED) is 0.671. The molecule has 0 aliphatic carbocycles. The molecule has 1 heterocycles. The zero-order valence-corrected chi connectivity index (χ0v) is 12.4. The fourth-order valence-electron chi connectivity index (χ4n) is 2.06. The summed E-state index contributed by atoms with van der Waals surface area (Å²) in [4.78, 5) is 23.9. The fourth-order valence-corrected chi connectivity index (χ4v) is 4.16.